The van der Waals surface area contributed by atoms with E-state index >= 15 is 0 Å². The lowest BCUT2D eigenvalue weighted by Gasteiger charge is -2.26. The van der Waals surface area contributed by atoms with Crippen LogP contribution in [-0.4, -0.2) is 18.1 Å². The fourth-order valence-electron chi connectivity index (χ4n) is 1.56. The summed E-state index contributed by atoms with van der Waals surface area (Å²) in [5.74, 6) is -0.152. The summed E-state index contributed by atoms with van der Waals surface area (Å²) in [4.78, 5) is 11.1. The molecule has 0 saturated heterocycles. The zero-order valence-electron chi connectivity index (χ0n) is 11.7. The lowest BCUT2D eigenvalue weighted by molar-refractivity contribution is -0.145. The Balaban J connectivity index is 2.46. The molecule has 0 bridgehead atoms. The molecule has 0 aliphatic carbocycles. The maximum Gasteiger partial charge on any atom is 0.305 e. The van der Waals surface area contributed by atoms with Gasteiger partial charge in [0, 0.05) is 18.5 Å². The van der Waals surface area contributed by atoms with Crippen molar-refractivity contribution in [2.24, 2.45) is 0 Å². The average molecular weight is 249 g/mol. The van der Waals surface area contributed by atoms with Gasteiger partial charge in [-0.25, -0.2) is 0 Å². The van der Waals surface area contributed by atoms with Gasteiger partial charge in [-0.3, -0.25) is 4.79 Å². The number of hydrogen-bond donors (Lipinski definition) is 1. The molecule has 0 aliphatic heterocycles. The number of aryl methyl sites for hydroxylation is 1. The number of hydrogen-bond acceptors (Lipinski definition) is 3. The summed E-state index contributed by atoms with van der Waals surface area (Å²) in [6.07, 6.45) is 0.424. The first-order valence-corrected chi connectivity index (χ1v) is 6.40. The summed E-state index contributed by atoms with van der Waals surface area (Å²) in [6, 6.07) is 8.28. The normalized spacial score (nSPS) is 11.3. The van der Waals surface area contributed by atoms with E-state index in [1.165, 1.54) is 11.1 Å². The van der Waals surface area contributed by atoms with Crippen molar-refractivity contribution in [1.82, 2.24) is 5.32 Å². The first-order valence-electron chi connectivity index (χ1n) is 6.40. The highest BCUT2D eigenvalue weighted by molar-refractivity contribution is 5.68. The standard InChI is InChI=1S/C15H23NO2/c1-5-14(17)18-11-15(3,4)16-10-13-9-7-6-8-12(13)2/h6-9,16H,5,10-11H2,1-4H3. The Morgan fingerprint density at radius 3 is 2.61 bits per heavy atom. The average Bonchev–Trinajstić information content (AvgIpc) is 2.35. The number of ether oxygens (including phenoxy) is 1. The number of carbonyl (C=O) groups excluding carboxylic acids is 1. The van der Waals surface area contributed by atoms with Gasteiger partial charge in [0.15, 0.2) is 0 Å². The van der Waals surface area contributed by atoms with Gasteiger partial charge < -0.3 is 10.1 Å². The van der Waals surface area contributed by atoms with E-state index in [1.54, 1.807) is 6.92 Å². The highest BCUT2D eigenvalue weighted by atomic mass is 16.5. The molecule has 0 aromatic heterocycles. The molecule has 0 amide bonds. The summed E-state index contributed by atoms with van der Waals surface area (Å²) >= 11 is 0. The third kappa shape index (κ3) is 4.88. The second kappa shape index (κ2) is 6.55. The number of benzene rings is 1. The first-order chi connectivity index (χ1) is 8.44. The van der Waals surface area contributed by atoms with Crippen LogP contribution in [0.25, 0.3) is 0 Å². The Bertz CT molecular complexity index is 399. The summed E-state index contributed by atoms with van der Waals surface area (Å²) in [5, 5.41) is 3.42. The van der Waals surface area contributed by atoms with E-state index in [0.717, 1.165) is 6.54 Å². The van der Waals surface area contributed by atoms with Crippen molar-refractivity contribution in [3.05, 3.63) is 35.4 Å². The van der Waals surface area contributed by atoms with Gasteiger partial charge in [-0.2, -0.15) is 0 Å². The molecule has 0 heterocycles. The quantitative estimate of drug-likeness (QED) is 0.788. The predicted octanol–water partition coefficient (Wildman–Crippen LogP) is 2.82. The summed E-state index contributed by atoms with van der Waals surface area (Å²) in [6.45, 7) is 9.15. The smallest absolute Gasteiger partial charge is 0.305 e. The van der Waals surface area contributed by atoms with Crippen molar-refractivity contribution in [1.29, 1.82) is 0 Å². The molecule has 0 atom stereocenters. The van der Waals surface area contributed by atoms with E-state index in [1.807, 2.05) is 26.0 Å². The molecule has 1 rings (SSSR count). The summed E-state index contributed by atoms with van der Waals surface area (Å²) < 4.78 is 5.17. The fraction of sp³-hybridized carbons (Fsp3) is 0.533. The molecule has 1 aromatic rings. The molecular formula is C15H23NO2. The van der Waals surface area contributed by atoms with Gasteiger partial charge in [-0.15, -0.1) is 0 Å². The Kier molecular flexibility index (Phi) is 5.35. The van der Waals surface area contributed by atoms with Crippen LogP contribution in [0, 0.1) is 6.92 Å². The first kappa shape index (κ1) is 14.7. The molecule has 3 nitrogen and oxygen atoms in total. The summed E-state index contributed by atoms with van der Waals surface area (Å²) in [7, 11) is 0. The molecule has 1 N–H and O–H groups in total. The number of carbonyl (C=O) groups is 1. The van der Waals surface area contributed by atoms with Crippen molar-refractivity contribution in [2.75, 3.05) is 6.61 Å². The maximum atomic E-state index is 11.1. The van der Waals surface area contributed by atoms with Gasteiger partial charge in [0.1, 0.15) is 6.61 Å². The molecular weight excluding hydrogens is 226 g/mol. The second-order valence-electron chi connectivity index (χ2n) is 5.18. The second-order valence-corrected chi connectivity index (χ2v) is 5.18. The molecule has 0 radical (unpaired) electrons. The van der Waals surface area contributed by atoms with Crippen LogP contribution in [0.4, 0.5) is 0 Å². The van der Waals surface area contributed by atoms with Gasteiger partial charge in [-0.1, -0.05) is 31.2 Å². The number of esters is 1. The van der Waals surface area contributed by atoms with Crippen molar-refractivity contribution in [3.63, 3.8) is 0 Å². The van der Waals surface area contributed by atoms with Crippen LogP contribution in [0.15, 0.2) is 24.3 Å². The van der Waals surface area contributed by atoms with Crippen molar-refractivity contribution < 1.29 is 9.53 Å². The molecule has 0 unspecified atom stereocenters. The van der Waals surface area contributed by atoms with Crippen LogP contribution in [0.2, 0.25) is 0 Å². The molecule has 0 spiro atoms. The fourth-order valence-corrected chi connectivity index (χ4v) is 1.56. The third-order valence-electron chi connectivity index (χ3n) is 2.90. The minimum atomic E-state index is -0.215. The number of nitrogens with one attached hydrogen (secondary N) is 1. The lowest BCUT2D eigenvalue weighted by atomic mass is 10.0. The van der Waals surface area contributed by atoms with Crippen LogP contribution in [0.1, 0.15) is 38.3 Å². The Morgan fingerprint density at radius 2 is 2.00 bits per heavy atom. The molecule has 0 saturated carbocycles. The van der Waals surface area contributed by atoms with Crippen molar-refractivity contribution in [3.8, 4) is 0 Å². The minimum Gasteiger partial charge on any atom is -0.464 e. The van der Waals surface area contributed by atoms with E-state index < -0.39 is 0 Å². The predicted molar refractivity (Wildman–Crippen MR) is 73.3 cm³/mol. The molecule has 0 aliphatic rings. The van der Waals surface area contributed by atoms with Gasteiger partial charge in [-0.05, 0) is 31.9 Å². The van der Waals surface area contributed by atoms with E-state index in [4.69, 9.17) is 4.74 Å². The molecule has 1 aromatic carbocycles. The number of rotatable bonds is 6. The van der Waals surface area contributed by atoms with E-state index in [0.29, 0.717) is 13.0 Å². The van der Waals surface area contributed by atoms with E-state index in [2.05, 4.69) is 24.4 Å². The highest BCUT2D eigenvalue weighted by Gasteiger charge is 2.19. The third-order valence-corrected chi connectivity index (χ3v) is 2.90. The van der Waals surface area contributed by atoms with Crippen molar-refractivity contribution >= 4 is 5.97 Å². The molecule has 0 fully saturated rings. The molecule has 18 heavy (non-hydrogen) atoms. The SMILES string of the molecule is CCC(=O)OCC(C)(C)NCc1ccccc1C. The highest BCUT2D eigenvalue weighted by Crippen LogP contribution is 2.10. The topological polar surface area (TPSA) is 38.3 Å². The lowest BCUT2D eigenvalue weighted by Crippen LogP contribution is -2.43. The zero-order valence-corrected chi connectivity index (χ0v) is 11.7. The van der Waals surface area contributed by atoms with Gasteiger partial charge in [0.2, 0.25) is 0 Å². The van der Waals surface area contributed by atoms with Gasteiger partial charge in [0.05, 0.1) is 0 Å². The Hall–Kier alpha value is -1.35. The molecule has 100 valence electrons. The minimum absolute atomic E-state index is 0.152. The van der Waals surface area contributed by atoms with Crippen LogP contribution < -0.4 is 5.32 Å². The van der Waals surface area contributed by atoms with E-state index in [-0.39, 0.29) is 11.5 Å². The van der Waals surface area contributed by atoms with Crippen molar-refractivity contribution in [2.45, 2.75) is 46.2 Å². The van der Waals surface area contributed by atoms with Crippen LogP contribution in [-0.2, 0) is 16.1 Å². The zero-order chi connectivity index (χ0) is 13.6. The summed E-state index contributed by atoms with van der Waals surface area (Å²) in [5.41, 5.74) is 2.33. The van der Waals surface area contributed by atoms with Gasteiger partial charge >= 0.3 is 5.97 Å². The largest absolute Gasteiger partial charge is 0.464 e. The van der Waals surface area contributed by atoms with E-state index in [9.17, 15) is 4.79 Å². The maximum absolute atomic E-state index is 11.1. The van der Waals surface area contributed by atoms with Crippen LogP contribution in [0.5, 0.6) is 0 Å². The Morgan fingerprint density at radius 1 is 1.33 bits per heavy atom. The Labute approximate surface area is 110 Å². The van der Waals surface area contributed by atoms with Crippen LogP contribution >= 0.6 is 0 Å². The van der Waals surface area contributed by atoms with Gasteiger partial charge in [0.25, 0.3) is 0 Å². The molecule has 3 heteroatoms. The van der Waals surface area contributed by atoms with Crippen LogP contribution in [0.3, 0.4) is 0 Å². The monoisotopic (exact) mass is 249 g/mol.